The monoisotopic (exact) mass is 665 g/mol. The Morgan fingerprint density at radius 2 is 1.78 bits per heavy atom. The van der Waals surface area contributed by atoms with Crippen molar-refractivity contribution in [1.29, 1.82) is 0 Å². The van der Waals surface area contributed by atoms with Crippen LogP contribution in [0.4, 0.5) is 11.5 Å². The van der Waals surface area contributed by atoms with Crippen molar-refractivity contribution in [3.8, 4) is 34.1 Å². The van der Waals surface area contributed by atoms with E-state index in [1.807, 2.05) is 36.4 Å². The lowest BCUT2D eigenvalue weighted by Crippen LogP contribution is -2.35. The van der Waals surface area contributed by atoms with Gasteiger partial charge in [0.1, 0.15) is 0 Å². The van der Waals surface area contributed by atoms with E-state index in [0.29, 0.717) is 88.3 Å². The molecule has 3 aromatic heterocycles. The molecule has 2 atom stereocenters. The van der Waals surface area contributed by atoms with Crippen molar-refractivity contribution in [1.82, 2.24) is 30.9 Å². The molecule has 11 nitrogen and oxygen atoms in total. The third-order valence-corrected chi connectivity index (χ3v) is 8.33. The lowest BCUT2D eigenvalue weighted by molar-refractivity contribution is -0.119. The van der Waals surface area contributed by atoms with E-state index in [1.165, 1.54) is 0 Å². The second-order valence-corrected chi connectivity index (χ2v) is 11.7. The lowest BCUT2D eigenvalue weighted by Gasteiger charge is -2.17. The van der Waals surface area contributed by atoms with Gasteiger partial charge in [-0.1, -0.05) is 41.4 Å². The van der Waals surface area contributed by atoms with Crippen LogP contribution in [0.1, 0.15) is 30.9 Å². The number of carbonyl (C=O) groups is 1. The molecule has 13 heteroatoms. The molecule has 0 saturated carbocycles. The van der Waals surface area contributed by atoms with E-state index in [-0.39, 0.29) is 11.9 Å². The van der Waals surface area contributed by atoms with Gasteiger partial charge in [-0.05, 0) is 37.6 Å². The molecule has 5 rings (SSSR count). The van der Waals surface area contributed by atoms with Crippen molar-refractivity contribution >= 4 is 40.6 Å². The van der Waals surface area contributed by atoms with E-state index in [2.05, 4.69) is 31.2 Å². The first-order valence-corrected chi connectivity index (χ1v) is 15.7. The number of anilines is 2. The van der Waals surface area contributed by atoms with Crippen molar-refractivity contribution in [2.75, 3.05) is 32.6 Å². The van der Waals surface area contributed by atoms with E-state index in [1.54, 1.807) is 39.6 Å². The number of amides is 1. The van der Waals surface area contributed by atoms with Gasteiger partial charge in [-0.2, -0.15) is 0 Å². The van der Waals surface area contributed by atoms with Gasteiger partial charge >= 0.3 is 0 Å². The van der Waals surface area contributed by atoms with Gasteiger partial charge in [-0.15, -0.1) is 0 Å². The van der Waals surface area contributed by atoms with Gasteiger partial charge in [0, 0.05) is 73.3 Å². The number of halogens is 2. The van der Waals surface area contributed by atoms with Crippen LogP contribution in [-0.2, 0) is 17.9 Å². The fourth-order valence-corrected chi connectivity index (χ4v) is 5.84. The number of aromatic nitrogens is 3. The average Bonchev–Trinajstić information content (AvgIpc) is 3.47. The number of hydrogen-bond donors (Lipinski definition) is 5. The third-order valence-electron chi connectivity index (χ3n) is 7.54. The summed E-state index contributed by atoms with van der Waals surface area (Å²) < 4.78 is 11.3. The zero-order valence-corrected chi connectivity index (χ0v) is 27.4. The smallest absolute Gasteiger partial charge is 0.220 e. The number of nitrogens with zero attached hydrogens (tertiary/aromatic N) is 3. The summed E-state index contributed by atoms with van der Waals surface area (Å²) in [4.78, 5) is 25.3. The summed E-state index contributed by atoms with van der Waals surface area (Å²) in [5.74, 6) is 1.62. The van der Waals surface area contributed by atoms with E-state index in [0.717, 1.165) is 17.5 Å². The molecule has 1 aliphatic heterocycles. The molecule has 5 N–H and O–H groups in total. The normalized spacial score (nSPS) is 15.0. The number of benzene rings is 1. The SMILES string of the molecule is COc1nc(-c2ccnc(-c3cccc(Nc4nccc(CNC[C@H](C)O)c4OC)c3Cl)c2Cl)ccc1CNC[C@@H]1CCC(=O)N1. The molecule has 46 heavy (non-hydrogen) atoms. The van der Waals surface area contributed by atoms with Gasteiger partial charge in [-0.3, -0.25) is 9.78 Å². The van der Waals surface area contributed by atoms with Crippen LogP contribution in [0.15, 0.2) is 54.9 Å². The first-order chi connectivity index (χ1) is 22.3. The van der Waals surface area contributed by atoms with Crippen molar-refractivity contribution in [2.45, 2.75) is 45.0 Å². The molecule has 0 unspecified atom stereocenters. The van der Waals surface area contributed by atoms with Gasteiger partial charge in [-0.25, -0.2) is 9.97 Å². The Balaban J connectivity index is 1.37. The largest absolute Gasteiger partial charge is 0.493 e. The first-order valence-electron chi connectivity index (χ1n) is 14.9. The molecule has 0 radical (unpaired) electrons. The molecule has 0 aliphatic carbocycles. The van der Waals surface area contributed by atoms with Crippen molar-refractivity contribution in [3.05, 3.63) is 76.0 Å². The second-order valence-electron chi connectivity index (χ2n) is 10.9. The number of nitrogens with one attached hydrogen (secondary N) is 4. The molecule has 4 aromatic rings. The van der Waals surface area contributed by atoms with E-state index >= 15 is 0 Å². The highest BCUT2D eigenvalue weighted by atomic mass is 35.5. The molecule has 1 amide bonds. The van der Waals surface area contributed by atoms with Crippen LogP contribution in [0.2, 0.25) is 10.0 Å². The zero-order valence-electron chi connectivity index (χ0n) is 25.9. The topological polar surface area (TPSA) is 143 Å². The van der Waals surface area contributed by atoms with Crippen LogP contribution in [0.5, 0.6) is 11.6 Å². The summed E-state index contributed by atoms with van der Waals surface area (Å²) in [6, 6.07) is 13.2. The number of hydrogen-bond acceptors (Lipinski definition) is 10. The quantitative estimate of drug-likeness (QED) is 0.123. The minimum absolute atomic E-state index is 0.0917. The maximum atomic E-state index is 11.5. The standard InChI is InChI=1S/C33H37Cl2N7O4/c1-19(43)15-36-16-20-11-13-39-32(31(20)45-2)41-26-6-4-5-24(28(26)34)30-29(35)23(12-14-38-30)25-9-7-21(33(42-25)46-3)17-37-18-22-8-10-27(44)40-22/h4-7,9,11-14,19,22,36-37,43H,8,10,15-18H2,1-3H3,(H,39,41)(H,40,44)/t19-,22-/m0/s1. The number of pyridine rings is 3. The maximum absolute atomic E-state index is 11.5. The molecule has 1 aliphatic rings. The van der Waals surface area contributed by atoms with Crippen LogP contribution in [0.3, 0.4) is 0 Å². The second kappa shape index (κ2) is 15.5. The minimum atomic E-state index is -0.468. The fraction of sp³-hybridized carbons (Fsp3) is 0.333. The molecule has 1 aromatic carbocycles. The zero-order chi connectivity index (χ0) is 32.6. The van der Waals surface area contributed by atoms with Crippen molar-refractivity contribution in [3.63, 3.8) is 0 Å². The predicted molar refractivity (Wildman–Crippen MR) is 180 cm³/mol. The van der Waals surface area contributed by atoms with Gasteiger partial charge < -0.3 is 35.8 Å². The van der Waals surface area contributed by atoms with Crippen LogP contribution in [0, 0.1) is 0 Å². The lowest BCUT2D eigenvalue weighted by atomic mass is 10.1. The molecule has 1 fully saturated rings. The Morgan fingerprint density at radius 1 is 0.978 bits per heavy atom. The third kappa shape index (κ3) is 7.86. The van der Waals surface area contributed by atoms with Crippen molar-refractivity contribution in [2.24, 2.45) is 0 Å². The number of methoxy groups -OCH3 is 2. The molecule has 242 valence electrons. The molecule has 4 heterocycles. The summed E-state index contributed by atoms with van der Waals surface area (Å²) in [6.07, 6.45) is 4.27. The van der Waals surface area contributed by atoms with E-state index < -0.39 is 6.10 Å². The number of ether oxygens (including phenoxy) is 2. The highest BCUT2D eigenvalue weighted by Gasteiger charge is 2.21. The van der Waals surface area contributed by atoms with Gasteiger partial charge in [0.15, 0.2) is 11.6 Å². The Labute approximate surface area is 278 Å². The van der Waals surface area contributed by atoms with Crippen molar-refractivity contribution < 1.29 is 19.4 Å². The number of aliphatic hydroxyl groups is 1. The Bertz CT molecular complexity index is 1690. The first kappa shape index (κ1) is 33.4. The maximum Gasteiger partial charge on any atom is 0.220 e. The molecular weight excluding hydrogens is 629 g/mol. The Kier molecular flexibility index (Phi) is 11.3. The highest BCUT2D eigenvalue weighted by molar-refractivity contribution is 6.39. The molecule has 1 saturated heterocycles. The summed E-state index contributed by atoms with van der Waals surface area (Å²) in [5.41, 5.74) is 4.77. The van der Waals surface area contributed by atoms with E-state index in [9.17, 15) is 9.90 Å². The van der Waals surface area contributed by atoms with Crippen LogP contribution < -0.4 is 30.7 Å². The summed E-state index contributed by atoms with van der Waals surface area (Å²) in [6.45, 7) is 3.86. The number of rotatable bonds is 14. The van der Waals surface area contributed by atoms with E-state index in [4.69, 9.17) is 37.7 Å². The van der Waals surface area contributed by atoms with Crippen LogP contribution in [0.25, 0.3) is 22.5 Å². The van der Waals surface area contributed by atoms with Gasteiger partial charge in [0.05, 0.1) is 47.4 Å². The molecule has 0 spiro atoms. The minimum Gasteiger partial charge on any atom is -0.493 e. The van der Waals surface area contributed by atoms with Gasteiger partial charge in [0.2, 0.25) is 11.8 Å². The number of aliphatic hydroxyl groups excluding tert-OH is 1. The highest BCUT2D eigenvalue weighted by Crippen LogP contribution is 2.41. The summed E-state index contributed by atoms with van der Waals surface area (Å²) >= 11 is 13.9. The molecule has 0 bridgehead atoms. The Morgan fingerprint density at radius 3 is 2.52 bits per heavy atom. The Hall–Kier alpha value is -4.00. The van der Waals surface area contributed by atoms with Crippen LogP contribution in [-0.4, -0.2) is 65.4 Å². The summed E-state index contributed by atoms with van der Waals surface area (Å²) in [5, 5.41) is 23.2. The fourth-order valence-electron chi connectivity index (χ4n) is 5.27. The summed E-state index contributed by atoms with van der Waals surface area (Å²) in [7, 11) is 3.16. The molecular formula is C33H37Cl2N7O4. The van der Waals surface area contributed by atoms with Gasteiger partial charge in [0.25, 0.3) is 0 Å². The van der Waals surface area contributed by atoms with Crippen LogP contribution >= 0.6 is 23.2 Å². The predicted octanol–water partition coefficient (Wildman–Crippen LogP) is 5.11. The average molecular weight is 667 g/mol. The number of carbonyl (C=O) groups excluding carboxylic acids is 1.